The molecule has 0 nitrogen and oxygen atoms in total. The van der Waals surface area contributed by atoms with Crippen molar-refractivity contribution in [2.75, 3.05) is 0 Å². The van der Waals surface area contributed by atoms with Gasteiger partial charge < -0.3 is 0 Å². The molecule has 0 atom stereocenters. The molecule has 2 aromatic rings. The van der Waals surface area contributed by atoms with Gasteiger partial charge in [0.05, 0.1) is 5.02 Å². The number of rotatable bonds is 5. The van der Waals surface area contributed by atoms with Crippen molar-refractivity contribution in [3.8, 4) is 0 Å². The maximum atomic E-state index is 6.79. The van der Waals surface area contributed by atoms with E-state index in [4.69, 9.17) is 11.6 Å². The number of aryl methyl sites for hydroxylation is 3. The second kappa shape index (κ2) is 12.1. The van der Waals surface area contributed by atoms with E-state index in [-0.39, 0.29) is 0 Å². The average Bonchev–Trinajstić information content (AvgIpc) is 2.98. The molecular formula is C27H35ClS2. The van der Waals surface area contributed by atoms with Crippen LogP contribution in [0.4, 0.5) is 0 Å². The number of thioether (sulfide) groups is 1. The fraction of sp³-hybridized carbons (Fsp3) is 0.407. The van der Waals surface area contributed by atoms with Gasteiger partial charge in [-0.2, -0.15) is 0 Å². The highest BCUT2D eigenvalue weighted by Crippen LogP contribution is 2.37. The molecule has 1 aliphatic carbocycles. The minimum absolute atomic E-state index is 0.916. The van der Waals surface area contributed by atoms with Crippen molar-refractivity contribution >= 4 is 40.9 Å². The molecule has 3 rings (SSSR count). The molecule has 3 heteroatoms. The average molecular weight is 459 g/mol. The highest BCUT2D eigenvalue weighted by atomic mass is 35.5. The van der Waals surface area contributed by atoms with Crippen LogP contribution in [-0.2, 0) is 19.3 Å². The number of halogens is 1. The maximum absolute atomic E-state index is 6.79. The molecule has 0 bridgehead atoms. The van der Waals surface area contributed by atoms with Crippen LogP contribution in [0.2, 0.25) is 5.02 Å². The number of allylic oxidation sites excluding steroid dienone is 1. The molecular weight excluding hydrogens is 424 g/mol. The van der Waals surface area contributed by atoms with Crippen LogP contribution >= 0.6 is 36.0 Å². The molecule has 0 aromatic heterocycles. The summed E-state index contributed by atoms with van der Waals surface area (Å²) >= 11 is 13.0. The van der Waals surface area contributed by atoms with Crippen molar-refractivity contribution in [3.63, 3.8) is 0 Å². The smallest absolute Gasteiger partial charge is 0.0524 e. The van der Waals surface area contributed by atoms with E-state index < -0.39 is 0 Å². The first-order chi connectivity index (χ1) is 14.4. The van der Waals surface area contributed by atoms with Crippen molar-refractivity contribution in [2.24, 2.45) is 0 Å². The topological polar surface area (TPSA) is 0 Å². The Bertz CT molecular complexity index is 925. The van der Waals surface area contributed by atoms with Crippen LogP contribution < -0.4 is 0 Å². The summed E-state index contributed by atoms with van der Waals surface area (Å²) in [6.45, 7) is 14.8. The van der Waals surface area contributed by atoms with E-state index in [1.807, 2.05) is 13.8 Å². The van der Waals surface area contributed by atoms with E-state index in [9.17, 15) is 0 Å². The predicted molar refractivity (Wildman–Crippen MR) is 141 cm³/mol. The lowest BCUT2D eigenvalue weighted by atomic mass is 10.00. The molecule has 0 amide bonds. The SMILES string of the molecule is C=C(S/C=C(\C)Cc1cc(C)c(S)cc1C)c1ccc2c(c1Cl)CCCCC2.CC. The zero-order valence-corrected chi connectivity index (χ0v) is 21.5. The Morgan fingerprint density at radius 3 is 2.53 bits per heavy atom. The van der Waals surface area contributed by atoms with Crippen molar-refractivity contribution < 1.29 is 0 Å². The fourth-order valence-corrected chi connectivity index (χ4v) is 5.23. The largest absolute Gasteiger partial charge is 0.143 e. The molecule has 0 saturated carbocycles. The zero-order chi connectivity index (χ0) is 22.3. The minimum Gasteiger partial charge on any atom is -0.143 e. The van der Waals surface area contributed by atoms with Crippen molar-refractivity contribution in [2.45, 2.75) is 78.0 Å². The molecule has 0 heterocycles. The first-order valence-electron chi connectivity index (χ1n) is 11.0. The van der Waals surface area contributed by atoms with Gasteiger partial charge in [0.2, 0.25) is 0 Å². The van der Waals surface area contributed by atoms with Crippen LogP contribution in [-0.4, -0.2) is 0 Å². The summed E-state index contributed by atoms with van der Waals surface area (Å²) in [5.41, 5.74) is 9.06. The third-order valence-corrected chi connectivity index (χ3v) is 7.48. The normalized spacial score (nSPS) is 13.8. The van der Waals surface area contributed by atoms with E-state index in [0.29, 0.717) is 0 Å². The Morgan fingerprint density at radius 1 is 1.10 bits per heavy atom. The first-order valence-corrected chi connectivity index (χ1v) is 12.7. The van der Waals surface area contributed by atoms with Gasteiger partial charge in [-0.3, -0.25) is 0 Å². The summed E-state index contributed by atoms with van der Waals surface area (Å²) in [4.78, 5) is 2.08. The van der Waals surface area contributed by atoms with Crippen molar-refractivity contribution in [1.29, 1.82) is 0 Å². The molecule has 0 fully saturated rings. The van der Waals surface area contributed by atoms with Gasteiger partial charge in [0, 0.05) is 15.4 Å². The fourth-order valence-electron chi connectivity index (χ4n) is 3.80. The number of hydrogen-bond donors (Lipinski definition) is 1. The second-order valence-electron chi connectivity index (χ2n) is 7.87. The van der Waals surface area contributed by atoms with Crippen LogP contribution in [0, 0.1) is 13.8 Å². The van der Waals surface area contributed by atoms with E-state index in [0.717, 1.165) is 39.6 Å². The van der Waals surface area contributed by atoms with E-state index in [2.05, 4.69) is 69.7 Å². The lowest BCUT2D eigenvalue weighted by Crippen LogP contribution is -1.95. The van der Waals surface area contributed by atoms with Crippen LogP contribution in [0.5, 0.6) is 0 Å². The number of thiol groups is 1. The number of hydrogen-bond acceptors (Lipinski definition) is 2. The third-order valence-electron chi connectivity index (χ3n) is 5.54. The van der Waals surface area contributed by atoms with Crippen molar-refractivity contribution in [1.82, 2.24) is 0 Å². The van der Waals surface area contributed by atoms with Crippen LogP contribution in [0.15, 0.2) is 46.7 Å². The van der Waals surface area contributed by atoms with Crippen LogP contribution in [0.1, 0.15) is 73.4 Å². The van der Waals surface area contributed by atoms with Gasteiger partial charge in [-0.05, 0) is 92.2 Å². The summed E-state index contributed by atoms with van der Waals surface area (Å²) in [7, 11) is 0. The minimum atomic E-state index is 0.916. The Morgan fingerprint density at radius 2 is 1.80 bits per heavy atom. The Balaban J connectivity index is 0.00000155. The van der Waals surface area contributed by atoms with Gasteiger partial charge in [0.15, 0.2) is 0 Å². The summed E-state index contributed by atoms with van der Waals surface area (Å²) < 4.78 is 0. The number of benzene rings is 2. The van der Waals surface area contributed by atoms with Crippen LogP contribution in [0.25, 0.3) is 4.91 Å². The standard InChI is InChI=1S/C25H29ClS2.C2H6/c1-16(12-21-13-18(3)24(27)14-17(21)2)15-28-19(4)22-11-10-20-8-6-5-7-9-23(20)25(22)26;1-2/h10-11,13-15,27H,4-9,12H2,1-3H3;1-2H3/b16-15+;. The van der Waals surface area contributed by atoms with Gasteiger partial charge in [-0.25, -0.2) is 0 Å². The molecule has 1 aliphatic rings. The van der Waals surface area contributed by atoms with Crippen LogP contribution in [0.3, 0.4) is 0 Å². The Hall–Kier alpha value is -1.09. The van der Waals surface area contributed by atoms with Crippen molar-refractivity contribution in [3.05, 3.63) is 80.2 Å². The molecule has 0 saturated heterocycles. The highest BCUT2D eigenvalue weighted by molar-refractivity contribution is 8.10. The van der Waals surface area contributed by atoms with Gasteiger partial charge in [-0.15, -0.1) is 12.6 Å². The predicted octanol–water partition coefficient (Wildman–Crippen LogP) is 9.39. The lowest BCUT2D eigenvalue weighted by molar-refractivity contribution is 0.711. The van der Waals surface area contributed by atoms with Gasteiger partial charge in [0.1, 0.15) is 0 Å². The number of fused-ring (bicyclic) bond motifs is 1. The Kier molecular flexibility index (Phi) is 10.1. The Labute approximate surface area is 198 Å². The lowest BCUT2D eigenvalue weighted by Gasteiger charge is -2.14. The van der Waals surface area contributed by atoms with Gasteiger partial charge >= 0.3 is 0 Å². The molecule has 0 spiro atoms. The summed E-state index contributed by atoms with van der Waals surface area (Å²) in [6, 6.07) is 8.82. The first kappa shape index (κ1) is 25.2. The molecule has 2 aromatic carbocycles. The highest BCUT2D eigenvalue weighted by Gasteiger charge is 2.15. The molecule has 0 radical (unpaired) electrons. The molecule has 0 aliphatic heterocycles. The summed E-state index contributed by atoms with van der Waals surface area (Å²) in [5.74, 6) is 0. The quantitative estimate of drug-likeness (QED) is 0.343. The molecule has 30 heavy (non-hydrogen) atoms. The molecule has 0 unspecified atom stereocenters. The zero-order valence-electron chi connectivity index (χ0n) is 19.1. The summed E-state index contributed by atoms with van der Waals surface area (Å²) in [6.07, 6.45) is 6.99. The molecule has 162 valence electrons. The van der Waals surface area contributed by atoms with Gasteiger partial charge in [0.25, 0.3) is 0 Å². The van der Waals surface area contributed by atoms with Gasteiger partial charge in [-0.1, -0.05) is 74.0 Å². The second-order valence-corrected chi connectivity index (χ2v) is 9.70. The molecule has 0 N–H and O–H groups in total. The monoisotopic (exact) mass is 458 g/mol. The van der Waals surface area contributed by atoms with E-state index in [1.54, 1.807) is 11.8 Å². The van der Waals surface area contributed by atoms with E-state index >= 15 is 0 Å². The maximum Gasteiger partial charge on any atom is 0.0524 e. The summed E-state index contributed by atoms with van der Waals surface area (Å²) in [5, 5.41) is 3.13. The van der Waals surface area contributed by atoms with E-state index in [1.165, 1.54) is 52.7 Å². The third kappa shape index (κ3) is 6.45.